The van der Waals surface area contributed by atoms with E-state index in [-0.39, 0.29) is 12.5 Å². The molecule has 1 heterocycles. The molecule has 4 nitrogen and oxygen atoms in total. The van der Waals surface area contributed by atoms with Crippen LogP contribution in [0.2, 0.25) is 0 Å². The van der Waals surface area contributed by atoms with E-state index in [4.69, 9.17) is 5.11 Å². The second-order valence-electron chi connectivity index (χ2n) is 5.48. The maximum absolute atomic E-state index is 12.0. The van der Waals surface area contributed by atoms with Gasteiger partial charge in [-0.05, 0) is 12.5 Å². The number of rotatable bonds is 5. The molecule has 1 amide bonds. The summed E-state index contributed by atoms with van der Waals surface area (Å²) < 4.78 is 0. The third-order valence-corrected chi connectivity index (χ3v) is 3.62. The molecule has 0 bridgehead atoms. The second-order valence-corrected chi connectivity index (χ2v) is 5.48. The highest BCUT2D eigenvalue weighted by Gasteiger charge is 2.28. The number of likely N-dealkylation sites (tertiary alicyclic amines) is 1. The molecule has 4 heteroatoms. The molecule has 1 saturated heterocycles. The summed E-state index contributed by atoms with van der Waals surface area (Å²) >= 11 is 0. The van der Waals surface area contributed by atoms with E-state index >= 15 is 0 Å². The molecule has 2 rings (SSSR count). The molecular weight excluding hydrogens is 240 g/mol. The minimum Gasteiger partial charge on any atom is -0.396 e. The van der Waals surface area contributed by atoms with Gasteiger partial charge in [-0.1, -0.05) is 29.8 Å². The Balaban J connectivity index is 1.78. The van der Waals surface area contributed by atoms with Crippen molar-refractivity contribution < 1.29 is 9.90 Å². The Morgan fingerprint density at radius 2 is 2.00 bits per heavy atom. The van der Waals surface area contributed by atoms with Crippen LogP contribution in [-0.4, -0.2) is 54.1 Å². The molecule has 1 aromatic rings. The van der Waals surface area contributed by atoms with Crippen molar-refractivity contribution in [1.82, 2.24) is 9.80 Å². The van der Waals surface area contributed by atoms with Crippen LogP contribution < -0.4 is 0 Å². The number of likely N-dealkylation sites (N-methyl/N-ethyl adjacent to an activating group) is 1. The van der Waals surface area contributed by atoms with Crippen LogP contribution in [0.15, 0.2) is 24.3 Å². The molecule has 104 valence electrons. The zero-order valence-corrected chi connectivity index (χ0v) is 11.7. The van der Waals surface area contributed by atoms with E-state index < -0.39 is 0 Å². The van der Waals surface area contributed by atoms with E-state index in [0.29, 0.717) is 19.0 Å². The quantitative estimate of drug-likeness (QED) is 0.856. The van der Waals surface area contributed by atoms with Gasteiger partial charge in [-0.25, -0.2) is 0 Å². The second kappa shape index (κ2) is 6.17. The fourth-order valence-electron chi connectivity index (χ4n) is 2.29. The lowest BCUT2D eigenvalue weighted by Gasteiger charge is -2.38. The van der Waals surface area contributed by atoms with Crippen molar-refractivity contribution in [3.8, 4) is 0 Å². The molecule has 0 radical (unpaired) electrons. The van der Waals surface area contributed by atoms with Gasteiger partial charge in [-0.2, -0.15) is 0 Å². The molecule has 0 unspecified atom stereocenters. The van der Waals surface area contributed by atoms with Crippen molar-refractivity contribution >= 4 is 5.91 Å². The number of carbonyl (C=O) groups is 1. The van der Waals surface area contributed by atoms with Crippen molar-refractivity contribution in [2.75, 3.05) is 33.3 Å². The summed E-state index contributed by atoms with van der Waals surface area (Å²) in [5, 5.41) is 8.94. The average Bonchev–Trinajstić information content (AvgIpc) is 2.35. The number of carbonyl (C=O) groups excluding carboxylic acids is 1. The van der Waals surface area contributed by atoms with E-state index in [1.54, 1.807) is 4.90 Å². The monoisotopic (exact) mass is 262 g/mol. The summed E-state index contributed by atoms with van der Waals surface area (Å²) in [4.78, 5) is 15.9. The molecule has 1 aromatic carbocycles. The molecule has 1 fully saturated rings. The standard InChI is InChI=1S/C15H22N2O2/c1-12-3-5-13(6-4-12)7-16(2)15(19)10-17-8-14(9-17)11-18/h3-6,14,18H,7-11H2,1-2H3. The number of amides is 1. The highest BCUT2D eigenvalue weighted by atomic mass is 16.3. The van der Waals surface area contributed by atoms with Crippen LogP contribution >= 0.6 is 0 Å². The SMILES string of the molecule is Cc1ccc(CN(C)C(=O)CN2CC(CO)C2)cc1. The van der Waals surface area contributed by atoms with Gasteiger partial charge >= 0.3 is 0 Å². The van der Waals surface area contributed by atoms with E-state index in [2.05, 4.69) is 36.1 Å². The minimum absolute atomic E-state index is 0.136. The van der Waals surface area contributed by atoms with Gasteiger partial charge in [-0.15, -0.1) is 0 Å². The Kier molecular flexibility index (Phi) is 4.56. The van der Waals surface area contributed by atoms with Gasteiger partial charge in [0.15, 0.2) is 0 Å². The zero-order chi connectivity index (χ0) is 13.8. The first-order chi connectivity index (χ1) is 9.08. The van der Waals surface area contributed by atoms with Crippen molar-refractivity contribution in [3.05, 3.63) is 35.4 Å². The van der Waals surface area contributed by atoms with Crippen LogP contribution in [-0.2, 0) is 11.3 Å². The fourth-order valence-corrected chi connectivity index (χ4v) is 2.29. The predicted octanol–water partition coefficient (Wildman–Crippen LogP) is 0.878. The summed E-state index contributed by atoms with van der Waals surface area (Å²) in [5.74, 6) is 0.493. The normalized spacial score (nSPS) is 16.2. The highest BCUT2D eigenvalue weighted by molar-refractivity contribution is 5.78. The van der Waals surface area contributed by atoms with Crippen LogP contribution in [0.25, 0.3) is 0 Å². The average molecular weight is 262 g/mol. The molecule has 0 aliphatic carbocycles. The van der Waals surface area contributed by atoms with Gasteiger partial charge in [0, 0.05) is 39.2 Å². The lowest BCUT2D eigenvalue weighted by atomic mass is 10.0. The minimum atomic E-state index is 0.136. The van der Waals surface area contributed by atoms with Crippen molar-refractivity contribution in [2.45, 2.75) is 13.5 Å². The Morgan fingerprint density at radius 1 is 1.37 bits per heavy atom. The molecule has 0 spiro atoms. The van der Waals surface area contributed by atoms with Crippen LogP contribution in [0, 0.1) is 12.8 Å². The summed E-state index contributed by atoms with van der Waals surface area (Å²) in [6, 6.07) is 8.25. The number of aryl methyl sites for hydroxylation is 1. The topological polar surface area (TPSA) is 43.8 Å². The Labute approximate surface area is 114 Å². The first kappa shape index (κ1) is 14.0. The molecule has 1 N–H and O–H groups in total. The first-order valence-corrected chi connectivity index (χ1v) is 6.71. The number of benzene rings is 1. The molecule has 1 aliphatic rings. The van der Waals surface area contributed by atoms with E-state index in [1.807, 2.05) is 7.05 Å². The maximum Gasteiger partial charge on any atom is 0.236 e. The predicted molar refractivity (Wildman–Crippen MR) is 74.7 cm³/mol. The molecule has 0 aromatic heterocycles. The third kappa shape index (κ3) is 3.78. The zero-order valence-electron chi connectivity index (χ0n) is 11.7. The van der Waals surface area contributed by atoms with Crippen molar-refractivity contribution in [2.24, 2.45) is 5.92 Å². The number of aliphatic hydroxyl groups is 1. The summed E-state index contributed by atoms with van der Waals surface area (Å²) in [6.45, 7) is 5.06. The van der Waals surface area contributed by atoms with Gasteiger partial charge in [0.05, 0.1) is 6.54 Å². The van der Waals surface area contributed by atoms with Gasteiger partial charge in [0.25, 0.3) is 0 Å². The van der Waals surface area contributed by atoms with Crippen LogP contribution in [0.4, 0.5) is 0 Å². The lowest BCUT2D eigenvalue weighted by molar-refractivity contribution is -0.133. The molecule has 0 atom stereocenters. The first-order valence-electron chi connectivity index (χ1n) is 6.71. The smallest absolute Gasteiger partial charge is 0.236 e. The Morgan fingerprint density at radius 3 is 2.58 bits per heavy atom. The summed E-state index contributed by atoms with van der Waals surface area (Å²) in [7, 11) is 1.84. The third-order valence-electron chi connectivity index (χ3n) is 3.62. The Bertz CT molecular complexity index is 424. The van der Waals surface area contributed by atoms with Crippen molar-refractivity contribution in [1.29, 1.82) is 0 Å². The van der Waals surface area contributed by atoms with Crippen molar-refractivity contribution in [3.63, 3.8) is 0 Å². The largest absolute Gasteiger partial charge is 0.396 e. The lowest BCUT2D eigenvalue weighted by Crippen LogP contribution is -2.52. The molecule has 1 aliphatic heterocycles. The van der Waals surface area contributed by atoms with Crippen LogP contribution in [0.5, 0.6) is 0 Å². The van der Waals surface area contributed by atoms with Crippen LogP contribution in [0.1, 0.15) is 11.1 Å². The molecule has 19 heavy (non-hydrogen) atoms. The van der Waals surface area contributed by atoms with Gasteiger partial charge in [-0.3, -0.25) is 9.69 Å². The van der Waals surface area contributed by atoms with Gasteiger partial charge in [0.1, 0.15) is 0 Å². The molecule has 0 saturated carbocycles. The number of hydrogen-bond donors (Lipinski definition) is 1. The maximum atomic E-state index is 12.0. The number of nitrogens with zero attached hydrogens (tertiary/aromatic N) is 2. The highest BCUT2D eigenvalue weighted by Crippen LogP contribution is 2.14. The van der Waals surface area contributed by atoms with Gasteiger partial charge in [0.2, 0.25) is 5.91 Å². The molecular formula is C15H22N2O2. The number of aliphatic hydroxyl groups excluding tert-OH is 1. The van der Waals surface area contributed by atoms with Gasteiger partial charge < -0.3 is 10.0 Å². The summed E-state index contributed by atoms with van der Waals surface area (Å²) in [5.41, 5.74) is 2.38. The van der Waals surface area contributed by atoms with Crippen LogP contribution in [0.3, 0.4) is 0 Å². The number of hydrogen-bond acceptors (Lipinski definition) is 3. The Hall–Kier alpha value is -1.39. The summed E-state index contributed by atoms with van der Waals surface area (Å²) in [6.07, 6.45) is 0. The van der Waals surface area contributed by atoms with E-state index in [1.165, 1.54) is 5.56 Å². The fraction of sp³-hybridized carbons (Fsp3) is 0.533. The van der Waals surface area contributed by atoms with E-state index in [0.717, 1.165) is 18.7 Å². The van der Waals surface area contributed by atoms with E-state index in [9.17, 15) is 4.79 Å².